The van der Waals surface area contributed by atoms with Crippen LogP contribution in [0, 0.1) is 0 Å². The van der Waals surface area contributed by atoms with Crippen molar-refractivity contribution in [3.8, 4) is 0 Å². The van der Waals surface area contributed by atoms with Crippen molar-refractivity contribution in [3.05, 3.63) is 0 Å². The van der Waals surface area contributed by atoms with Crippen LogP contribution in [0.25, 0.3) is 0 Å². The van der Waals surface area contributed by atoms with Gasteiger partial charge in [0, 0.05) is 0 Å². The molecule has 0 saturated heterocycles. The third-order valence-electron chi connectivity index (χ3n) is 1.97. The zero-order chi connectivity index (χ0) is 16.5. The zero-order valence-electron chi connectivity index (χ0n) is 9.48. The van der Waals surface area contributed by atoms with Crippen molar-refractivity contribution >= 4 is 54.4 Å². The summed E-state index contributed by atoms with van der Waals surface area (Å²) in [6, 6.07) is 0. The summed E-state index contributed by atoms with van der Waals surface area (Å²) in [7, 11) is -4.23. The van der Waals surface area contributed by atoms with Gasteiger partial charge in [0.25, 0.3) is 7.43 Å². The van der Waals surface area contributed by atoms with E-state index in [2.05, 4.69) is 18.8 Å². The molecule has 0 spiro atoms. The molecule has 2 atom stereocenters. The number of amides is 1. The molecule has 1 aliphatic rings. The number of halogens is 7. The van der Waals surface area contributed by atoms with E-state index in [1.807, 2.05) is 0 Å². The van der Waals surface area contributed by atoms with Gasteiger partial charge < -0.3 is 9.26 Å². The molecule has 0 aromatic carbocycles. The minimum Gasteiger partial charge on any atom is -0.429 e. The molecule has 0 aromatic rings. The van der Waals surface area contributed by atoms with E-state index in [0.29, 0.717) is 0 Å². The van der Waals surface area contributed by atoms with Crippen LogP contribution in [-0.2, 0) is 14.1 Å². The van der Waals surface area contributed by atoms with Crippen LogP contribution < -0.4 is 0 Å². The number of carbonyl (C=O) groups is 1. The lowest BCUT2D eigenvalue weighted by Gasteiger charge is -2.27. The fourth-order valence-electron chi connectivity index (χ4n) is 1.12. The Labute approximate surface area is 129 Å². The Kier molecular flexibility index (Phi) is 5.69. The standard InChI is InChI=1S/C7H4Cl3F4N2O4P/c8-7(9,10)4-20-5(18)16-21(4,15-2-17)19-1-6(13,14)3(11)12/h3-4H,1H2. The van der Waals surface area contributed by atoms with Gasteiger partial charge in [-0.15, -0.1) is 9.51 Å². The van der Waals surface area contributed by atoms with Crippen molar-refractivity contribution in [1.29, 1.82) is 0 Å². The lowest BCUT2D eigenvalue weighted by Crippen LogP contribution is -2.33. The van der Waals surface area contributed by atoms with E-state index < -0.39 is 42.1 Å². The van der Waals surface area contributed by atoms with Gasteiger partial charge in [-0.05, 0) is 0 Å². The first-order valence-electron chi connectivity index (χ1n) is 4.74. The van der Waals surface area contributed by atoms with E-state index in [1.165, 1.54) is 0 Å². The Hall–Kier alpha value is -0.370. The SMILES string of the molecule is O=C=NP1(OCC(F)(F)C(F)F)=NC(=O)OC1C(Cl)(Cl)Cl. The minimum absolute atomic E-state index is 0.904. The minimum atomic E-state index is -4.59. The van der Waals surface area contributed by atoms with Gasteiger partial charge in [0.2, 0.25) is 15.7 Å². The average molecular weight is 393 g/mol. The summed E-state index contributed by atoms with van der Waals surface area (Å²) in [6.07, 6.45) is -4.57. The van der Waals surface area contributed by atoms with E-state index >= 15 is 0 Å². The van der Waals surface area contributed by atoms with Gasteiger partial charge in [0.05, 0.1) is 0 Å². The molecule has 0 bridgehead atoms. The van der Waals surface area contributed by atoms with Crippen LogP contribution in [0.2, 0.25) is 0 Å². The molecule has 14 heteroatoms. The molecular weight excluding hydrogens is 389 g/mol. The molecule has 0 N–H and O–H groups in total. The number of ether oxygens (including phenoxy) is 1. The van der Waals surface area contributed by atoms with Crippen molar-refractivity contribution in [3.63, 3.8) is 0 Å². The number of hydrogen-bond acceptors (Lipinski definition) is 5. The quantitative estimate of drug-likeness (QED) is 0.231. The molecule has 0 aromatic heterocycles. The number of carbonyl (C=O) groups excluding carboxylic acids is 2. The second kappa shape index (κ2) is 6.40. The molecule has 0 fully saturated rings. The fourth-order valence-corrected chi connectivity index (χ4v) is 4.27. The maximum atomic E-state index is 12.9. The maximum absolute atomic E-state index is 12.9. The predicted octanol–water partition coefficient (Wildman–Crippen LogP) is 4.12. The van der Waals surface area contributed by atoms with Crippen LogP contribution in [0.3, 0.4) is 0 Å². The molecular formula is C7H4Cl3F4N2O4P. The Bertz CT molecular complexity index is 534. The van der Waals surface area contributed by atoms with Gasteiger partial charge >= 0.3 is 18.4 Å². The molecule has 1 rings (SSSR count). The summed E-state index contributed by atoms with van der Waals surface area (Å²) in [5.41, 5.74) is 0. The van der Waals surface area contributed by atoms with Gasteiger partial charge in [-0.1, -0.05) is 34.8 Å². The Morgan fingerprint density at radius 3 is 2.48 bits per heavy atom. The van der Waals surface area contributed by atoms with Crippen LogP contribution in [0.15, 0.2) is 9.51 Å². The highest BCUT2D eigenvalue weighted by Gasteiger charge is 2.55. The molecule has 2 unspecified atom stereocenters. The number of rotatable bonds is 5. The van der Waals surface area contributed by atoms with Crippen LogP contribution in [-0.4, -0.2) is 40.8 Å². The number of nitrogens with zero attached hydrogens (tertiary/aromatic N) is 2. The summed E-state index contributed by atoms with van der Waals surface area (Å²) in [6.45, 7) is -1.92. The molecule has 1 aliphatic heterocycles. The molecule has 0 saturated carbocycles. The van der Waals surface area contributed by atoms with Gasteiger partial charge in [-0.25, -0.2) is 18.4 Å². The van der Waals surface area contributed by atoms with Crippen molar-refractivity contribution < 1.29 is 36.4 Å². The summed E-state index contributed by atoms with van der Waals surface area (Å²) in [4.78, 5) is 21.5. The largest absolute Gasteiger partial charge is 0.437 e. The van der Waals surface area contributed by atoms with Crippen molar-refractivity contribution in [2.45, 2.75) is 22.0 Å². The van der Waals surface area contributed by atoms with E-state index in [0.717, 1.165) is 6.08 Å². The monoisotopic (exact) mass is 392 g/mol. The molecule has 1 heterocycles. The van der Waals surface area contributed by atoms with Crippen molar-refractivity contribution in [2.75, 3.05) is 6.61 Å². The topological polar surface area (TPSA) is 77.3 Å². The zero-order valence-corrected chi connectivity index (χ0v) is 12.6. The maximum Gasteiger partial charge on any atom is 0.437 e. The van der Waals surface area contributed by atoms with Gasteiger partial charge in [0.1, 0.15) is 6.61 Å². The normalized spacial score (nSPS) is 26.3. The smallest absolute Gasteiger partial charge is 0.429 e. The first-order valence-corrected chi connectivity index (χ1v) is 7.55. The first-order chi connectivity index (χ1) is 9.44. The number of isocyanates is 1. The van der Waals surface area contributed by atoms with Crippen LogP contribution in [0.4, 0.5) is 22.4 Å². The van der Waals surface area contributed by atoms with Gasteiger partial charge in [-0.2, -0.15) is 8.78 Å². The summed E-state index contributed by atoms with van der Waals surface area (Å²) in [5, 5.41) is 0. The van der Waals surface area contributed by atoms with Gasteiger partial charge in [0.15, 0.2) is 0 Å². The van der Waals surface area contributed by atoms with E-state index in [9.17, 15) is 27.2 Å². The molecule has 6 nitrogen and oxygen atoms in total. The van der Waals surface area contributed by atoms with Gasteiger partial charge in [-0.3, -0.25) is 0 Å². The second-order valence-electron chi connectivity index (χ2n) is 3.49. The Morgan fingerprint density at radius 2 is 2.05 bits per heavy atom. The summed E-state index contributed by atoms with van der Waals surface area (Å²) in [5.74, 6) is -6.53. The molecule has 120 valence electrons. The van der Waals surface area contributed by atoms with Crippen molar-refractivity contribution in [1.82, 2.24) is 0 Å². The van der Waals surface area contributed by atoms with E-state index in [1.54, 1.807) is 0 Å². The second-order valence-corrected chi connectivity index (χ2v) is 8.17. The highest BCUT2D eigenvalue weighted by atomic mass is 35.6. The molecule has 0 radical (unpaired) electrons. The number of alkyl halides is 7. The third-order valence-corrected chi connectivity index (χ3v) is 5.46. The van der Waals surface area contributed by atoms with Crippen LogP contribution in [0.1, 0.15) is 0 Å². The summed E-state index contributed by atoms with van der Waals surface area (Å²) < 4.78 is 62.4. The summed E-state index contributed by atoms with van der Waals surface area (Å²) >= 11 is 16.4. The molecule has 21 heavy (non-hydrogen) atoms. The average Bonchev–Trinajstić information content (AvgIpc) is 2.65. The lowest BCUT2D eigenvalue weighted by atomic mass is 10.4. The van der Waals surface area contributed by atoms with Crippen LogP contribution in [0.5, 0.6) is 0 Å². The highest BCUT2D eigenvalue weighted by molar-refractivity contribution is 7.62. The number of hydrogen-bond donors (Lipinski definition) is 0. The Balaban J connectivity index is 3.17. The predicted molar refractivity (Wildman–Crippen MR) is 64.9 cm³/mol. The molecule has 0 aliphatic carbocycles. The first kappa shape index (κ1) is 18.7. The highest BCUT2D eigenvalue weighted by Crippen LogP contribution is 2.66. The van der Waals surface area contributed by atoms with Crippen LogP contribution >= 0.6 is 42.2 Å². The van der Waals surface area contributed by atoms with E-state index in [-0.39, 0.29) is 0 Å². The third kappa shape index (κ3) is 4.31. The lowest BCUT2D eigenvalue weighted by molar-refractivity contribution is -0.147. The Morgan fingerprint density at radius 1 is 1.48 bits per heavy atom. The van der Waals surface area contributed by atoms with Crippen molar-refractivity contribution in [2.24, 2.45) is 9.51 Å². The number of cyclic esters (lactones) is 1. The molecule has 1 amide bonds. The fraction of sp³-hybridized carbons (Fsp3) is 0.714. The van der Waals surface area contributed by atoms with E-state index in [4.69, 9.17) is 34.8 Å².